The lowest BCUT2D eigenvalue weighted by molar-refractivity contribution is -0.119. The zero-order chi connectivity index (χ0) is 24.7. The van der Waals surface area contributed by atoms with Crippen LogP contribution in [0.5, 0.6) is 0 Å². The van der Waals surface area contributed by atoms with Gasteiger partial charge in [-0.05, 0) is 60.9 Å². The molecule has 8 nitrogen and oxygen atoms in total. The van der Waals surface area contributed by atoms with E-state index in [0.717, 1.165) is 23.2 Å². The number of rotatable bonds is 8. The van der Waals surface area contributed by atoms with E-state index in [9.17, 15) is 24.3 Å². The van der Waals surface area contributed by atoms with Crippen LogP contribution < -0.4 is 10.6 Å². The molecule has 8 heteroatoms. The molecule has 3 aromatic rings. The zero-order valence-electron chi connectivity index (χ0n) is 18.8. The average Bonchev–Trinajstić information content (AvgIpc) is 2.84. The fourth-order valence-corrected chi connectivity index (χ4v) is 3.35. The molecule has 0 aliphatic heterocycles. The smallest absolute Gasteiger partial charge is 0.338 e. The van der Waals surface area contributed by atoms with Crippen molar-refractivity contribution in [3.63, 3.8) is 0 Å². The molecule has 0 unspecified atom stereocenters. The molecule has 0 atom stereocenters. The predicted octanol–water partition coefficient (Wildman–Crippen LogP) is 4.30. The highest BCUT2D eigenvalue weighted by Gasteiger charge is 2.17. The number of ether oxygens (including phenoxy) is 1. The van der Waals surface area contributed by atoms with Gasteiger partial charge in [-0.2, -0.15) is 0 Å². The average molecular weight is 460 g/mol. The molecule has 2 amide bonds. The molecule has 0 heterocycles. The Morgan fingerprint density at radius 1 is 0.853 bits per heavy atom. The Kier molecular flexibility index (Phi) is 7.76. The van der Waals surface area contributed by atoms with Gasteiger partial charge in [-0.1, -0.05) is 37.3 Å². The van der Waals surface area contributed by atoms with Gasteiger partial charge in [0.15, 0.2) is 6.61 Å². The number of carbonyl (C=O) groups is 4. The van der Waals surface area contributed by atoms with Crippen molar-refractivity contribution in [3.05, 3.63) is 94.5 Å². The highest BCUT2D eigenvalue weighted by molar-refractivity contribution is 6.10. The SMILES string of the molecule is CCc1cccc(C)c1NC(=O)COC(=O)c1ccc(NC(=O)c2ccccc2C(=O)O)cc1. The molecule has 0 radical (unpaired) electrons. The van der Waals surface area contributed by atoms with Gasteiger partial charge in [0, 0.05) is 11.4 Å². The number of nitrogens with one attached hydrogen (secondary N) is 2. The summed E-state index contributed by atoms with van der Waals surface area (Å²) in [5, 5.41) is 14.6. The van der Waals surface area contributed by atoms with Crippen LogP contribution in [0.1, 0.15) is 49.1 Å². The van der Waals surface area contributed by atoms with E-state index < -0.39 is 30.4 Å². The molecule has 0 aliphatic carbocycles. The molecule has 34 heavy (non-hydrogen) atoms. The molecular weight excluding hydrogens is 436 g/mol. The number of carboxylic acid groups (broad SMARTS) is 1. The number of carbonyl (C=O) groups excluding carboxylic acids is 3. The van der Waals surface area contributed by atoms with Gasteiger partial charge >= 0.3 is 11.9 Å². The van der Waals surface area contributed by atoms with E-state index in [1.54, 1.807) is 6.07 Å². The summed E-state index contributed by atoms with van der Waals surface area (Å²) in [5.74, 6) is -2.93. The molecule has 0 saturated heterocycles. The van der Waals surface area contributed by atoms with E-state index in [4.69, 9.17) is 4.74 Å². The van der Waals surface area contributed by atoms with Gasteiger partial charge in [-0.15, -0.1) is 0 Å². The van der Waals surface area contributed by atoms with Crippen molar-refractivity contribution in [2.45, 2.75) is 20.3 Å². The molecule has 0 bridgehead atoms. The Morgan fingerprint density at radius 2 is 1.53 bits per heavy atom. The molecule has 0 aromatic heterocycles. The normalized spacial score (nSPS) is 10.3. The van der Waals surface area contributed by atoms with E-state index in [1.165, 1.54) is 42.5 Å². The first-order chi connectivity index (χ1) is 16.3. The van der Waals surface area contributed by atoms with E-state index in [2.05, 4.69) is 10.6 Å². The summed E-state index contributed by atoms with van der Waals surface area (Å²) in [5.41, 5.74) is 3.09. The second kappa shape index (κ2) is 10.9. The Bertz CT molecular complexity index is 1230. The Morgan fingerprint density at radius 3 is 2.18 bits per heavy atom. The summed E-state index contributed by atoms with van der Waals surface area (Å²) in [6.07, 6.45) is 0.752. The van der Waals surface area contributed by atoms with Crippen LogP contribution in [0, 0.1) is 6.92 Å². The van der Waals surface area contributed by atoms with Crippen molar-refractivity contribution in [1.29, 1.82) is 0 Å². The molecule has 3 N–H and O–H groups in total. The summed E-state index contributed by atoms with van der Waals surface area (Å²) < 4.78 is 5.10. The van der Waals surface area contributed by atoms with Crippen molar-refractivity contribution in [1.82, 2.24) is 0 Å². The Balaban J connectivity index is 1.58. The highest BCUT2D eigenvalue weighted by Crippen LogP contribution is 2.21. The third kappa shape index (κ3) is 5.86. The maximum absolute atomic E-state index is 12.4. The summed E-state index contributed by atoms with van der Waals surface area (Å²) in [7, 11) is 0. The van der Waals surface area contributed by atoms with E-state index >= 15 is 0 Å². The van der Waals surface area contributed by atoms with Gasteiger partial charge in [0.05, 0.1) is 16.7 Å². The number of hydrogen-bond donors (Lipinski definition) is 3. The lowest BCUT2D eigenvalue weighted by Crippen LogP contribution is -2.22. The van der Waals surface area contributed by atoms with Gasteiger partial charge in [0.2, 0.25) is 0 Å². The molecule has 0 aliphatic rings. The van der Waals surface area contributed by atoms with Gasteiger partial charge in [-0.25, -0.2) is 9.59 Å². The summed E-state index contributed by atoms with van der Waals surface area (Å²) in [6, 6.07) is 17.4. The molecule has 0 saturated carbocycles. The number of anilines is 2. The minimum atomic E-state index is -1.21. The number of amides is 2. The largest absolute Gasteiger partial charge is 0.478 e. The van der Waals surface area contributed by atoms with Crippen molar-refractivity contribution >= 4 is 35.1 Å². The van der Waals surface area contributed by atoms with Gasteiger partial charge < -0.3 is 20.5 Å². The zero-order valence-corrected chi connectivity index (χ0v) is 18.8. The quantitative estimate of drug-likeness (QED) is 0.431. The fraction of sp³-hybridized carbons (Fsp3) is 0.154. The second-order valence-electron chi connectivity index (χ2n) is 7.47. The van der Waals surface area contributed by atoms with E-state index in [1.807, 2.05) is 32.0 Å². The third-order valence-electron chi connectivity index (χ3n) is 5.12. The van der Waals surface area contributed by atoms with Gasteiger partial charge in [0.25, 0.3) is 11.8 Å². The maximum atomic E-state index is 12.4. The van der Waals surface area contributed by atoms with Crippen LogP contribution in [0.2, 0.25) is 0 Å². The lowest BCUT2D eigenvalue weighted by atomic mass is 10.1. The maximum Gasteiger partial charge on any atom is 0.338 e. The van der Waals surface area contributed by atoms with Crippen LogP contribution in [-0.4, -0.2) is 35.5 Å². The monoisotopic (exact) mass is 460 g/mol. The van der Waals surface area contributed by atoms with Crippen LogP contribution in [0.3, 0.4) is 0 Å². The minimum Gasteiger partial charge on any atom is -0.478 e. The number of hydrogen-bond acceptors (Lipinski definition) is 5. The first kappa shape index (κ1) is 24.2. The number of aromatic carboxylic acids is 1. The molecule has 0 fully saturated rings. The Labute approximate surface area is 196 Å². The van der Waals surface area contributed by atoms with Crippen molar-refractivity contribution in [3.8, 4) is 0 Å². The standard InChI is InChI=1S/C26H24N2O6/c1-3-17-8-6-7-16(2)23(17)28-22(29)15-34-26(33)18-11-13-19(14-12-18)27-24(30)20-9-4-5-10-21(20)25(31)32/h4-14H,3,15H2,1-2H3,(H,27,30)(H,28,29)(H,31,32). The second-order valence-corrected chi connectivity index (χ2v) is 7.47. The van der Waals surface area contributed by atoms with Crippen LogP contribution in [0.25, 0.3) is 0 Å². The highest BCUT2D eigenvalue weighted by atomic mass is 16.5. The van der Waals surface area contributed by atoms with Crippen molar-refractivity contribution < 1.29 is 29.0 Å². The molecule has 0 spiro atoms. The fourth-order valence-electron chi connectivity index (χ4n) is 3.35. The first-order valence-electron chi connectivity index (χ1n) is 10.6. The molecule has 3 aromatic carbocycles. The number of para-hydroxylation sites is 1. The summed E-state index contributed by atoms with van der Waals surface area (Å²) in [6.45, 7) is 3.43. The number of benzene rings is 3. The van der Waals surface area contributed by atoms with E-state index in [0.29, 0.717) is 5.69 Å². The number of carboxylic acids is 1. The predicted molar refractivity (Wildman–Crippen MR) is 127 cm³/mol. The molecule has 174 valence electrons. The number of esters is 1. The summed E-state index contributed by atoms with van der Waals surface area (Å²) in [4.78, 5) is 48.3. The van der Waals surface area contributed by atoms with Gasteiger partial charge in [-0.3, -0.25) is 9.59 Å². The van der Waals surface area contributed by atoms with Crippen LogP contribution in [0.4, 0.5) is 11.4 Å². The van der Waals surface area contributed by atoms with Crippen LogP contribution >= 0.6 is 0 Å². The van der Waals surface area contributed by atoms with Gasteiger partial charge in [0.1, 0.15) is 0 Å². The van der Waals surface area contributed by atoms with E-state index in [-0.39, 0.29) is 16.7 Å². The van der Waals surface area contributed by atoms with Crippen molar-refractivity contribution in [2.75, 3.05) is 17.2 Å². The van der Waals surface area contributed by atoms with Crippen LogP contribution in [0.15, 0.2) is 66.7 Å². The van der Waals surface area contributed by atoms with Crippen molar-refractivity contribution in [2.24, 2.45) is 0 Å². The van der Waals surface area contributed by atoms with Crippen LogP contribution in [-0.2, 0) is 16.0 Å². The third-order valence-corrected chi connectivity index (χ3v) is 5.12. The Hall–Kier alpha value is -4.46. The topological polar surface area (TPSA) is 122 Å². The summed E-state index contributed by atoms with van der Waals surface area (Å²) >= 11 is 0. The first-order valence-corrected chi connectivity index (χ1v) is 10.6. The minimum absolute atomic E-state index is 0.0179. The molecular formula is C26H24N2O6. The molecule has 3 rings (SSSR count). The lowest BCUT2D eigenvalue weighted by Gasteiger charge is -2.13. The number of aryl methyl sites for hydroxylation is 2.